The minimum atomic E-state index is 0.0861. The standard InChI is InChI=1S/C10H16N4O2S/c1-2-16-8-9(11)13-17-10(8)14-5-3-7(15)12-4-6-14/h2-6H2,1H3,(H2,11,13)(H,12,15). The molecular formula is C10H16N4O2S. The number of nitrogens with one attached hydrogen (secondary N) is 1. The molecule has 0 saturated carbocycles. The van der Waals surface area contributed by atoms with Gasteiger partial charge in [-0.05, 0) is 18.5 Å². The van der Waals surface area contributed by atoms with Crippen molar-refractivity contribution in [3.63, 3.8) is 0 Å². The van der Waals surface area contributed by atoms with Gasteiger partial charge in [0.2, 0.25) is 5.91 Å². The van der Waals surface area contributed by atoms with Crippen LogP contribution in [0, 0.1) is 0 Å². The van der Waals surface area contributed by atoms with Gasteiger partial charge in [-0.3, -0.25) is 4.79 Å². The highest BCUT2D eigenvalue weighted by molar-refractivity contribution is 7.11. The average molecular weight is 256 g/mol. The molecule has 0 aliphatic carbocycles. The van der Waals surface area contributed by atoms with Gasteiger partial charge in [-0.15, -0.1) is 0 Å². The summed E-state index contributed by atoms with van der Waals surface area (Å²) >= 11 is 1.32. The summed E-state index contributed by atoms with van der Waals surface area (Å²) in [5.74, 6) is 1.16. The largest absolute Gasteiger partial charge is 0.487 e. The van der Waals surface area contributed by atoms with Gasteiger partial charge in [0.05, 0.1) is 6.61 Å². The van der Waals surface area contributed by atoms with E-state index < -0.39 is 0 Å². The van der Waals surface area contributed by atoms with Crippen molar-refractivity contribution in [3.8, 4) is 5.75 Å². The van der Waals surface area contributed by atoms with E-state index in [-0.39, 0.29) is 5.91 Å². The third kappa shape index (κ3) is 2.60. The molecule has 94 valence electrons. The fourth-order valence-electron chi connectivity index (χ4n) is 1.74. The summed E-state index contributed by atoms with van der Waals surface area (Å²) in [6, 6.07) is 0. The van der Waals surface area contributed by atoms with Crippen molar-refractivity contribution in [2.24, 2.45) is 0 Å². The molecule has 1 aliphatic rings. The zero-order valence-corrected chi connectivity index (χ0v) is 10.5. The molecule has 0 bridgehead atoms. The highest BCUT2D eigenvalue weighted by atomic mass is 32.1. The highest BCUT2D eigenvalue weighted by Gasteiger charge is 2.21. The first-order valence-electron chi connectivity index (χ1n) is 5.62. The Balaban J connectivity index is 2.17. The molecule has 2 heterocycles. The Morgan fingerprint density at radius 3 is 3.18 bits per heavy atom. The van der Waals surface area contributed by atoms with Crippen LogP contribution in [0.3, 0.4) is 0 Å². The first kappa shape index (κ1) is 12.0. The molecule has 6 nitrogen and oxygen atoms in total. The fourth-order valence-corrected chi connectivity index (χ4v) is 2.55. The highest BCUT2D eigenvalue weighted by Crippen LogP contribution is 2.38. The predicted octanol–water partition coefficient (Wildman–Crippen LogP) is 0.450. The molecule has 0 aromatic carbocycles. The number of rotatable bonds is 3. The predicted molar refractivity (Wildman–Crippen MR) is 67.5 cm³/mol. The Morgan fingerprint density at radius 2 is 2.41 bits per heavy atom. The van der Waals surface area contributed by atoms with Gasteiger partial charge in [-0.2, -0.15) is 4.37 Å². The van der Waals surface area contributed by atoms with Crippen LogP contribution in [0.25, 0.3) is 0 Å². The summed E-state index contributed by atoms with van der Waals surface area (Å²) in [6.07, 6.45) is 0.489. The van der Waals surface area contributed by atoms with E-state index in [1.807, 2.05) is 6.92 Å². The fraction of sp³-hybridized carbons (Fsp3) is 0.600. The second kappa shape index (κ2) is 5.22. The molecule has 3 N–H and O–H groups in total. The molecule has 0 spiro atoms. The molecule has 1 aromatic heterocycles. The molecule has 1 aromatic rings. The van der Waals surface area contributed by atoms with Crippen LogP contribution in [0.1, 0.15) is 13.3 Å². The van der Waals surface area contributed by atoms with Crippen molar-refractivity contribution in [1.82, 2.24) is 9.69 Å². The number of ether oxygens (including phenoxy) is 1. The number of carbonyl (C=O) groups is 1. The molecule has 0 unspecified atom stereocenters. The lowest BCUT2D eigenvalue weighted by Crippen LogP contribution is -2.28. The average Bonchev–Trinajstić information content (AvgIpc) is 2.54. The lowest BCUT2D eigenvalue weighted by atomic mass is 10.4. The number of anilines is 2. The van der Waals surface area contributed by atoms with Gasteiger partial charge >= 0.3 is 0 Å². The summed E-state index contributed by atoms with van der Waals surface area (Å²) in [6.45, 7) is 4.54. The summed E-state index contributed by atoms with van der Waals surface area (Å²) in [5, 5.41) is 3.75. The number of aromatic nitrogens is 1. The lowest BCUT2D eigenvalue weighted by molar-refractivity contribution is -0.120. The third-order valence-electron chi connectivity index (χ3n) is 2.55. The normalized spacial score (nSPS) is 16.5. The SMILES string of the molecule is CCOc1c(N)nsc1N1CCNC(=O)CC1. The monoisotopic (exact) mass is 256 g/mol. The van der Waals surface area contributed by atoms with E-state index in [0.29, 0.717) is 37.7 Å². The molecule has 1 fully saturated rings. The van der Waals surface area contributed by atoms with Gasteiger partial charge in [-0.25, -0.2) is 0 Å². The van der Waals surface area contributed by atoms with Gasteiger partial charge < -0.3 is 20.7 Å². The van der Waals surface area contributed by atoms with Gasteiger partial charge in [0.15, 0.2) is 16.6 Å². The topological polar surface area (TPSA) is 80.5 Å². The molecule has 1 aliphatic heterocycles. The second-order valence-corrected chi connectivity index (χ2v) is 4.47. The van der Waals surface area contributed by atoms with Crippen LogP contribution >= 0.6 is 11.5 Å². The minimum Gasteiger partial charge on any atom is -0.487 e. The maximum absolute atomic E-state index is 11.3. The smallest absolute Gasteiger partial charge is 0.221 e. The number of hydrogen-bond acceptors (Lipinski definition) is 6. The maximum Gasteiger partial charge on any atom is 0.221 e. The summed E-state index contributed by atoms with van der Waals surface area (Å²) in [7, 11) is 0. The quantitative estimate of drug-likeness (QED) is 0.820. The number of amides is 1. The Bertz CT molecular complexity index is 407. The first-order chi connectivity index (χ1) is 8.22. The van der Waals surface area contributed by atoms with E-state index in [1.165, 1.54) is 11.5 Å². The Kier molecular flexibility index (Phi) is 3.68. The molecule has 0 atom stereocenters. The van der Waals surface area contributed by atoms with Crippen molar-refractivity contribution < 1.29 is 9.53 Å². The van der Waals surface area contributed by atoms with Crippen LogP contribution in [0.4, 0.5) is 10.8 Å². The Labute approximate surface area is 104 Å². The first-order valence-corrected chi connectivity index (χ1v) is 6.39. The minimum absolute atomic E-state index is 0.0861. The van der Waals surface area contributed by atoms with E-state index >= 15 is 0 Å². The van der Waals surface area contributed by atoms with Crippen molar-refractivity contribution in [1.29, 1.82) is 0 Å². The number of nitrogens with two attached hydrogens (primary N) is 1. The molecule has 17 heavy (non-hydrogen) atoms. The number of carbonyl (C=O) groups excluding carboxylic acids is 1. The summed E-state index contributed by atoms with van der Waals surface area (Å²) in [5.41, 5.74) is 5.77. The Hall–Kier alpha value is -1.50. The molecule has 1 amide bonds. The van der Waals surface area contributed by atoms with Gasteiger partial charge in [0, 0.05) is 26.1 Å². The number of nitrogen functional groups attached to an aromatic ring is 1. The van der Waals surface area contributed by atoms with Gasteiger partial charge in [-0.1, -0.05) is 0 Å². The van der Waals surface area contributed by atoms with Gasteiger partial charge in [0.25, 0.3) is 0 Å². The number of nitrogens with zero attached hydrogens (tertiary/aromatic N) is 2. The Morgan fingerprint density at radius 1 is 1.59 bits per heavy atom. The van der Waals surface area contributed by atoms with E-state index in [4.69, 9.17) is 10.5 Å². The summed E-state index contributed by atoms with van der Waals surface area (Å²) < 4.78 is 9.61. The van der Waals surface area contributed by atoms with Crippen molar-refractivity contribution in [2.75, 3.05) is 36.9 Å². The van der Waals surface area contributed by atoms with Crippen LogP contribution in [-0.2, 0) is 4.79 Å². The molecular weight excluding hydrogens is 240 g/mol. The van der Waals surface area contributed by atoms with E-state index in [2.05, 4.69) is 14.6 Å². The third-order valence-corrected chi connectivity index (χ3v) is 3.45. The van der Waals surface area contributed by atoms with Crippen LogP contribution < -0.4 is 20.7 Å². The van der Waals surface area contributed by atoms with Crippen molar-refractivity contribution >= 4 is 28.3 Å². The zero-order valence-electron chi connectivity index (χ0n) is 9.73. The zero-order chi connectivity index (χ0) is 12.3. The lowest BCUT2D eigenvalue weighted by Gasteiger charge is -2.20. The van der Waals surface area contributed by atoms with E-state index in [1.54, 1.807) is 0 Å². The van der Waals surface area contributed by atoms with Gasteiger partial charge in [0.1, 0.15) is 0 Å². The number of hydrogen-bond donors (Lipinski definition) is 2. The van der Waals surface area contributed by atoms with E-state index in [9.17, 15) is 4.79 Å². The maximum atomic E-state index is 11.3. The molecule has 2 rings (SSSR count). The summed E-state index contributed by atoms with van der Waals surface area (Å²) in [4.78, 5) is 13.4. The van der Waals surface area contributed by atoms with E-state index in [0.717, 1.165) is 11.5 Å². The second-order valence-electron chi connectivity index (χ2n) is 3.72. The molecule has 7 heteroatoms. The molecule has 0 radical (unpaired) electrons. The van der Waals surface area contributed by atoms with Crippen LogP contribution in [0.2, 0.25) is 0 Å². The van der Waals surface area contributed by atoms with Crippen LogP contribution in [-0.4, -0.2) is 36.5 Å². The van der Waals surface area contributed by atoms with Crippen LogP contribution in [0.15, 0.2) is 0 Å². The van der Waals surface area contributed by atoms with Crippen molar-refractivity contribution in [2.45, 2.75) is 13.3 Å². The molecule has 1 saturated heterocycles. The van der Waals surface area contributed by atoms with Crippen LogP contribution in [0.5, 0.6) is 5.75 Å². The van der Waals surface area contributed by atoms with Crippen molar-refractivity contribution in [3.05, 3.63) is 0 Å².